The number of hydrogen-bond donors (Lipinski definition) is 0. The Morgan fingerprint density at radius 1 is 1.20 bits per heavy atom. The van der Waals surface area contributed by atoms with Crippen molar-refractivity contribution in [3.63, 3.8) is 0 Å². The minimum Gasteiger partial charge on any atom is -0.304 e. The minimum absolute atomic E-state index is 0.667. The molecule has 1 aromatic heterocycles. The van der Waals surface area contributed by atoms with Crippen LogP contribution in [0.25, 0.3) is 0 Å². The van der Waals surface area contributed by atoms with E-state index < -0.39 is 0 Å². The Balaban J connectivity index is 1.86. The first kappa shape index (κ1) is 15.6. The smallest absolute Gasteiger partial charge is 0.0628 e. The van der Waals surface area contributed by atoms with E-state index in [0.29, 0.717) is 6.04 Å². The highest BCUT2D eigenvalue weighted by atomic mass is 15.3. The molecule has 0 saturated heterocycles. The van der Waals surface area contributed by atoms with E-state index in [0.717, 1.165) is 19.5 Å². The van der Waals surface area contributed by atoms with Gasteiger partial charge in [0.2, 0.25) is 0 Å². The first-order chi connectivity index (χ1) is 9.74. The zero-order chi connectivity index (χ0) is 14.4. The summed E-state index contributed by atoms with van der Waals surface area (Å²) in [6.07, 6.45) is 9.15. The summed E-state index contributed by atoms with van der Waals surface area (Å²) in [7, 11) is 0. The number of aromatic nitrogens is 2. The van der Waals surface area contributed by atoms with Gasteiger partial charge in [-0.25, -0.2) is 0 Å². The zero-order valence-corrected chi connectivity index (χ0v) is 13.6. The fraction of sp³-hybridized carbons (Fsp3) is 0.824. The fourth-order valence-electron chi connectivity index (χ4n) is 3.39. The van der Waals surface area contributed by atoms with Gasteiger partial charge in [-0.2, -0.15) is 5.10 Å². The molecule has 1 aliphatic carbocycles. The lowest BCUT2D eigenvalue weighted by Gasteiger charge is -2.23. The summed E-state index contributed by atoms with van der Waals surface area (Å²) in [5, 5.41) is 4.88. The van der Waals surface area contributed by atoms with E-state index in [1.54, 1.807) is 0 Å². The molecule has 2 rings (SSSR count). The lowest BCUT2D eigenvalue weighted by molar-refractivity contribution is 0.298. The van der Waals surface area contributed by atoms with Gasteiger partial charge in [-0.1, -0.05) is 33.1 Å². The van der Waals surface area contributed by atoms with Gasteiger partial charge in [0, 0.05) is 5.69 Å². The SMILES string of the molecule is CCN(CC)CCCc1cc(C)n(C2CCCCC2)n1. The molecular weight excluding hydrogens is 246 g/mol. The van der Waals surface area contributed by atoms with Gasteiger partial charge < -0.3 is 4.90 Å². The van der Waals surface area contributed by atoms with Crippen molar-refractivity contribution < 1.29 is 0 Å². The summed E-state index contributed by atoms with van der Waals surface area (Å²) in [5.74, 6) is 0. The zero-order valence-electron chi connectivity index (χ0n) is 13.6. The van der Waals surface area contributed by atoms with Gasteiger partial charge in [-0.05, 0) is 58.3 Å². The normalized spacial score (nSPS) is 17.0. The standard InChI is InChI=1S/C17H31N3/c1-4-19(5-2)13-9-10-16-14-15(3)20(18-16)17-11-7-6-8-12-17/h14,17H,4-13H2,1-3H3. The number of rotatable bonds is 7. The molecule has 0 radical (unpaired) electrons. The van der Waals surface area contributed by atoms with Crippen molar-refractivity contribution in [1.82, 2.24) is 14.7 Å². The van der Waals surface area contributed by atoms with Crippen molar-refractivity contribution in [3.05, 3.63) is 17.5 Å². The van der Waals surface area contributed by atoms with Gasteiger partial charge in [0.05, 0.1) is 11.7 Å². The van der Waals surface area contributed by atoms with Gasteiger partial charge in [0.25, 0.3) is 0 Å². The molecule has 1 saturated carbocycles. The Morgan fingerprint density at radius 2 is 1.90 bits per heavy atom. The molecule has 0 atom stereocenters. The van der Waals surface area contributed by atoms with E-state index in [9.17, 15) is 0 Å². The summed E-state index contributed by atoms with van der Waals surface area (Å²) in [4.78, 5) is 2.49. The molecule has 1 fully saturated rings. The second kappa shape index (κ2) is 7.82. The lowest BCUT2D eigenvalue weighted by atomic mass is 9.95. The van der Waals surface area contributed by atoms with Crippen molar-refractivity contribution in [2.75, 3.05) is 19.6 Å². The van der Waals surface area contributed by atoms with Crippen LogP contribution in [0.4, 0.5) is 0 Å². The van der Waals surface area contributed by atoms with Crippen LogP contribution in [0.3, 0.4) is 0 Å². The molecule has 3 heteroatoms. The van der Waals surface area contributed by atoms with Crippen molar-refractivity contribution >= 4 is 0 Å². The maximum atomic E-state index is 4.88. The summed E-state index contributed by atoms with van der Waals surface area (Å²) >= 11 is 0. The van der Waals surface area contributed by atoms with Gasteiger partial charge in [-0.3, -0.25) is 4.68 Å². The summed E-state index contributed by atoms with van der Waals surface area (Å²) in [5.41, 5.74) is 2.65. The largest absolute Gasteiger partial charge is 0.304 e. The molecule has 0 N–H and O–H groups in total. The first-order valence-corrected chi connectivity index (χ1v) is 8.52. The second-order valence-electron chi connectivity index (χ2n) is 6.14. The summed E-state index contributed by atoms with van der Waals surface area (Å²) in [6.45, 7) is 10.2. The van der Waals surface area contributed by atoms with Gasteiger partial charge in [-0.15, -0.1) is 0 Å². The van der Waals surface area contributed by atoms with E-state index in [2.05, 4.69) is 36.4 Å². The average molecular weight is 277 g/mol. The Morgan fingerprint density at radius 3 is 2.55 bits per heavy atom. The highest BCUT2D eigenvalue weighted by Gasteiger charge is 2.18. The van der Waals surface area contributed by atoms with Gasteiger partial charge in [0.1, 0.15) is 0 Å². The Kier molecular flexibility index (Phi) is 6.08. The summed E-state index contributed by atoms with van der Waals surface area (Å²) < 4.78 is 2.31. The van der Waals surface area contributed by atoms with E-state index in [-0.39, 0.29) is 0 Å². The molecule has 1 aromatic rings. The highest BCUT2D eigenvalue weighted by Crippen LogP contribution is 2.28. The highest BCUT2D eigenvalue weighted by molar-refractivity contribution is 5.10. The van der Waals surface area contributed by atoms with Crippen LogP contribution < -0.4 is 0 Å². The molecule has 1 heterocycles. The molecule has 0 spiro atoms. The quantitative estimate of drug-likeness (QED) is 0.752. The molecule has 1 aliphatic rings. The van der Waals surface area contributed by atoms with E-state index in [1.165, 1.54) is 56.5 Å². The molecular formula is C17H31N3. The predicted octanol–water partition coefficient (Wildman–Crippen LogP) is 3.97. The Labute approximate surface area is 124 Å². The molecule has 0 aromatic carbocycles. The second-order valence-corrected chi connectivity index (χ2v) is 6.14. The van der Waals surface area contributed by atoms with Crippen LogP contribution in [-0.4, -0.2) is 34.3 Å². The lowest BCUT2D eigenvalue weighted by Crippen LogP contribution is -2.24. The van der Waals surface area contributed by atoms with Crippen LogP contribution >= 0.6 is 0 Å². The molecule has 0 bridgehead atoms. The third kappa shape index (κ3) is 4.08. The molecule has 0 amide bonds. The van der Waals surface area contributed by atoms with Gasteiger partial charge >= 0.3 is 0 Å². The Hall–Kier alpha value is -0.830. The third-order valence-electron chi connectivity index (χ3n) is 4.70. The van der Waals surface area contributed by atoms with Crippen LogP contribution in [0, 0.1) is 6.92 Å². The molecule has 3 nitrogen and oxygen atoms in total. The van der Waals surface area contributed by atoms with Crippen LogP contribution in [0.1, 0.15) is 69.8 Å². The Bertz CT molecular complexity index is 387. The van der Waals surface area contributed by atoms with Gasteiger partial charge in [0.15, 0.2) is 0 Å². The van der Waals surface area contributed by atoms with Crippen LogP contribution in [-0.2, 0) is 6.42 Å². The van der Waals surface area contributed by atoms with Crippen molar-refractivity contribution in [1.29, 1.82) is 0 Å². The molecule has 114 valence electrons. The van der Waals surface area contributed by atoms with Crippen LogP contribution in [0.15, 0.2) is 6.07 Å². The van der Waals surface area contributed by atoms with Crippen molar-refractivity contribution in [2.24, 2.45) is 0 Å². The van der Waals surface area contributed by atoms with Crippen molar-refractivity contribution in [3.8, 4) is 0 Å². The fourth-order valence-corrected chi connectivity index (χ4v) is 3.39. The summed E-state index contributed by atoms with van der Waals surface area (Å²) in [6, 6.07) is 2.97. The first-order valence-electron chi connectivity index (χ1n) is 8.52. The average Bonchev–Trinajstić information content (AvgIpc) is 2.85. The minimum atomic E-state index is 0.667. The van der Waals surface area contributed by atoms with Crippen molar-refractivity contribution in [2.45, 2.75) is 71.8 Å². The third-order valence-corrected chi connectivity index (χ3v) is 4.70. The molecule has 20 heavy (non-hydrogen) atoms. The molecule has 0 unspecified atom stereocenters. The maximum absolute atomic E-state index is 4.88. The monoisotopic (exact) mass is 277 g/mol. The predicted molar refractivity (Wildman–Crippen MR) is 85.2 cm³/mol. The number of aryl methyl sites for hydroxylation is 2. The number of hydrogen-bond acceptors (Lipinski definition) is 2. The van der Waals surface area contributed by atoms with E-state index >= 15 is 0 Å². The van der Waals surface area contributed by atoms with Crippen LogP contribution in [0.2, 0.25) is 0 Å². The maximum Gasteiger partial charge on any atom is 0.0628 e. The van der Waals surface area contributed by atoms with E-state index in [1.807, 2.05) is 0 Å². The number of nitrogens with zero attached hydrogens (tertiary/aromatic N) is 3. The van der Waals surface area contributed by atoms with Crippen LogP contribution in [0.5, 0.6) is 0 Å². The van der Waals surface area contributed by atoms with E-state index in [4.69, 9.17) is 5.10 Å². The molecule has 0 aliphatic heterocycles. The topological polar surface area (TPSA) is 21.1 Å².